The number of carbonyl (C=O) groups excluding carboxylic acids is 1. The maximum absolute atomic E-state index is 14.0. The second kappa shape index (κ2) is 6.12. The van der Waals surface area contributed by atoms with Gasteiger partial charge in [-0.05, 0) is 17.7 Å². The molecule has 118 valence electrons. The van der Waals surface area contributed by atoms with Crippen molar-refractivity contribution in [1.29, 1.82) is 0 Å². The first-order valence-electron chi connectivity index (χ1n) is 7.04. The number of rotatable bonds is 3. The maximum atomic E-state index is 14.0. The number of halogens is 1. The van der Waals surface area contributed by atoms with E-state index in [4.69, 9.17) is 5.11 Å². The number of amides is 1. The second-order valence-electron chi connectivity index (χ2n) is 5.44. The third kappa shape index (κ3) is 2.96. The molecule has 2 saturated heterocycles. The van der Waals surface area contributed by atoms with E-state index in [-0.39, 0.29) is 25.4 Å². The van der Waals surface area contributed by atoms with E-state index in [1.54, 1.807) is 12.1 Å². The molecule has 1 amide bonds. The van der Waals surface area contributed by atoms with E-state index >= 15 is 0 Å². The Labute approximate surface area is 136 Å². The van der Waals surface area contributed by atoms with Crippen LogP contribution in [-0.2, 0) is 4.79 Å². The number of aliphatic carboxylic acids is 1. The number of hydrogen-bond acceptors (Lipinski definition) is 4. The van der Waals surface area contributed by atoms with Crippen molar-refractivity contribution in [2.24, 2.45) is 0 Å². The van der Waals surface area contributed by atoms with Crippen LogP contribution in [0.25, 0.3) is 0 Å². The van der Waals surface area contributed by atoms with E-state index in [0.717, 1.165) is 11.5 Å². The highest BCUT2D eigenvalue weighted by atomic mass is 32.2. The lowest BCUT2D eigenvalue weighted by atomic mass is 10.1. The molecule has 0 saturated carbocycles. The molecule has 1 aromatic rings. The van der Waals surface area contributed by atoms with E-state index in [1.165, 1.54) is 10.5 Å². The van der Waals surface area contributed by atoms with Gasteiger partial charge in [0.15, 0.2) is 0 Å². The van der Waals surface area contributed by atoms with Gasteiger partial charge in [0.2, 0.25) is 5.67 Å². The Morgan fingerprint density at radius 1 is 1.23 bits per heavy atom. The molecule has 2 heterocycles. The largest absolute Gasteiger partial charge is 0.479 e. The second-order valence-corrected chi connectivity index (χ2v) is 8.17. The SMILES string of the molecule is O=C(c1ccc(C2SCCS2)cc1)N1CCC(F)(C(=O)O)C1. The predicted molar refractivity (Wildman–Crippen MR) is 86.1 cm³/mol. The zero-order chi connectivity index (χ0) is 15.7. The first kappa shape index (κ1) is 15.7. The summed E-state index contributed by atoms with van der Waals surface area (Å²) in [6.07, 6.45) is -0.151. The van der Waals surface area contributed by atoms with Crippen LogP contribution in [0.5, 0.6) is 0 Å². The topological polar surface area (TPSA) is 57.6 Å². The molecule has 22 heavy (non-hydrogen) atoms. The molecule has 0 radical (unpaired) electrons. The van der Waals surface area contributed by atoms with Gasteiger partial charge in [-0.15, -0.1) is 23.5 Å². The van der Waals surface area contributed by atoms with Crippen LogP contribution in [0.1, 0.15) is 26.9 Å². The van der Waals surface area contributed by atoms with Crippen molar-refractivity contribution in [1.82, 2.24) is 4.90 Å². The number of thioether (sulfide) groups is 2. The van der Waals surface area contributed by atoms with Gasteiger partial charge < -0.3 is 10.0 Å². The van der Waals surface area contributed by atoms with Crippen molar-refractivity contribution in [2.45, 2.75) is 16.7 Å². The first-order valence-corrected chi connectivity index (χ1v) is 9.14. The lowest BCUT2D eigenvalue weighted by Crippen LogP contribution is -2.38. The number of carbonyl (C=O) groups is 2. The van der Waals surface area contributed by atoms with Gasteiger partial charge in [0.05, 0.1) is 11.1 Å². The summed E-state index contributed by atoms with van der Waals surface area (Å²) in [7, 11) is 0. The summed E-state index contributed by atoms with van der Waals surface area (Å²) in [5, 5.41) is 8.88. The van der Waals surface area contributed by atoms with Crippen molar-refractivity contribution in [2.75, 3.05) is 24.6 Å². The van der Waals surface area contributed by atoms with Crippen LogP contribution < -0.4 is 0 Å². The van der Waals surface area contributed by atoms with Crippen molar-refractivity contribution in [3.05, 3.63) is 35.4 Å². The third-order valence-electron chi connectivity index (χ3n) is 3.94. The fourth-order valence-corrected chi connectivity index (χ4v) is 5.50. The molecule has 1 aromatic carbocycles. The zero-order valence-corrected chi connectivity index (χ0v) is 13.5. The summed E-state index contributed by atoms with van der Waals surface area (Å²) in [5.41, 5.74) is -0.658. The Balaban J connectivity index is 1.69. The highest BCUT2D eigenvalue weighted by Crippen LogP contribution is 2.45. The van der Waals surface area contributed by atoms with E-state index in [1.807, 2.05) is 35.7 Å². The molecule has 0 bridgehead atoms. The number of nitrogens with zero attached hydrogens (tertiary/aromatic N) is 1. The Kier molecular flexibility index (Phi) is 4.36. The predicted octanol–water partition coefficient (Wildman–Crippen LogP) is 2.80. The molecule has 0 aromatic heterocycles. The van der Waals surface area contributed by atoms with E-state index in [9.17, 15) is 14.0 Å². The number of hydrogen-bond donors (Lipinski definition) is 1. The molecule has 1 N–H and O–H groups in total. The van der Waals surface area contributed by atoms with Crippen molar-refractivity contribution < 1.29 is 19.1 Å². The molecule has 2 fully saturated rings. The molecule has 4 nitrogen and oxygen atoms in total. The summed E-state index contributed by atoms with van der Waals surface area (Å²) in [6, 6.07) is 7.35. The van der Waals surface area contributed by atoms with Gasteiger partial charge in [-0.3, -0.25) is 4.79 Å². The van der Waals surface area contributed by atoms with E-state index in [2.05, 4.69) is 0 Å². The van der Waals surface area contributed by atoms with Crippen molar-refractivity contribution in [3.63, 3.8) is 0 Å². The molecule has 0 aliphatic carbocycles. The third-order valence-corrected chi connectivity index (χ3v) is 7.05. The normalized spacial score (nSPS) is 25.6. The standard InChI is InChI=1S/C15H16FNO3S2/c16-15(14(19)20)5-6-17(9-15)12(18)10-1-3-11(4-2-10)13-21-7-8-22-13/h1-4,13H,5-9H2,(H,19,20). The molecular weight excluding hydrogens is 325 g/mol. The minimum absolute atomic E-state index is 0.137. The summed E-state index contributed by atoms with van der Waals surface area (Å²) in [4.78, 5) is 24.5. The Morgan fingerprint density at radius 2 is 1.86 bits per heavy atom. The number of alkyl halides is 1. The number of carboxylic acid groups (broad SMARTS) is 1. The quantitative estimate of drug-likeness (QED) is 0.916. The van der Waals surface area contributed by atoms with Gasteiger partial charge in [-0.25, -0.2) is 9.18 Å². The summed E-state index contributed by atoms with van der Waals surface area (Å²) < 4.78 is 14.4. The molecule has 1 atom stereocenters. The maximum Gasteiger partial charge on any atom is 0.343 e. The van der Waals surface area contributed by atoms with Crippen molar-refractivity contribution in [3.8, 4) is 0 Å². The molecule has 2 aliphatic rings. The van der Waals surface area contributed by atoms with Crippen molar-refractivity contribution >= 4 is 35.4 Å². The van der Waals surface area contributed by atoms with Gasteiger partial charge in [-0.2, -0.15) is 0 Å². The molecule has 1 unspecified atom stereocenters. The minimum atomic E-state index is -2.31. The molecule has 2 aliphatic heterocycles. The summed E-state index contributed by atoms with van der Waals surface area (Å²) in [5.74, 6) is 0.474. The summed E-state index contributed by atoms with van der Waals surface area (Å²) in [6.45, 7) is -0.241. The van der Waals surface area contributed by atoms with Gasteiger partial charge in [0.25, 0.3) is 5.91 Å². The highest BCUT2D eigenvalue weighted by Gasteiger charge is 2.46. The van der Waals surface area contributed by atoms with Crippen LogP contribution in [-0.4, -0.2) is 52.1 Å². The number of benzene rings is 1. The monoisotopic (exact) mass is 341 g/mol. The van der Waals surface area contributed by atoms with E-state index in [0.29, 0.717) is 10.1 Å². The number of likely N-dealkylation sites (tertiary alicyclic amines) is 1. The zero-order valence-electron chi connectivity index (χ0n) is 11.8. The minimum Gasteiger partial charge on any atom is -0.479 e. The Hall–Kier alpha value is -1.21. The molecular formula is C15H16FNO3S2. The van der Waals surface area contributed by atoms with Gasteiger partial charge in [0.1, 0.15) is 0 Å². The lowest BCUT2D eigenvalue weighted by Gasteiger charge is -2.18. The average molecular weight is 341 g/mol. The molecule has 0 spiro atoms. The van der Waals surface area contributed by atoms with Crippen LogP contribution in [0.2, 0.25) is 0 Å². The Bertz CT molecular complexity index is 589. The first-order chi connectivity index (χ1) is 10.5. The Morgan fingerprint density at radius 3 is 2.41 bits per heavy atom. The van der Waals surface area contributed by atoms with Gasteiger partial charge in [0, 0.05) is 30.0 Å². The lowest BCUT2D eigenvalue weighted by molar-refractivity contribution is -0.149. The van der Waals surface area contributed by atoms with Crippen LogP contribution in [0.3, 0.4) is 0 Å². The van der Waals surface area contributed by atoms with Crippen LogP contribution in [0, 0.1) is 0 Å². The summed E-state index contributed by atoms with van der Waals surface area (Å²) >= 11 is 3.78. The van der Waals surface area contributed by atoms with Crippen LogP contribution in [0.4, 0.5) is 4.39 Å². The van der Waals surface area contributed by atoms with Gasteiger partial charge >= 0.3 is 5.97 Å². The highest BCUT2D eigenvalue weighted by molar-refractivity contribution is 8.19. The van der Waals surface area contributed by atoms with Crippen LogP contribution >= 0.6 is 23.5 Å². The smallest absolute Gasteiger partial charge is 0.343 e. The molecule has 7 heteroatoms. The van der Waals surface area contributed by atoms with E-state index < -0.39 is 11.6 Å². The number of carboxylic acids is 1. The average Bonchev–Trinajstić information content (AvgIpc) is 3.17. The van der Waals surface area contributed by atoms with Crippen LogP contribution in [0.15, 0.2) is 24.3 Å². The van der Waals surface area contributed by atoms with Gasteiger partial charge in [-0.1, -0.05) is 12.1 Å². The fraction of sp³-hybridized carbons (Fsp3) is 0.467. The fourth-order valence-electron chi connectivity index (χ4n) is 2.64. The molecule has 3 rings (SSSR count).